The van der Waals surface area contributed by atoms with E-state index in [4.69, 9.17) is 0 Å². The normalized spacial score (nSPS) is 12.1. The fraction of sp³-hybridized carbons (Fsp3) is 0.188. The van der Waals surface area contributed by atoms with Gasteiger partial charge in [-0.2, -0.15) is 5.10 Å². The van der Waals surface area contributed by atoms with Gasteiger partial charge in [-0.05, 0) is 30.3 Å². The van der Waals surface area contributed by atoms with Crippen LogP contribution in [-0.2, 0) is 16.6 Å². The fourth-order valence-electron chi connectivity index (χ4n) is 2.32. The van der Waals surface area contributed by atoms with Crippen LogP contribution in [0, 0.1) is 0 Å². The highest BCUT2D eigenvalue weighted by molar-refractivity contribution is 7.89. The van der Waals surface area contributed by atoms with Crippen LogP contribution in [0.3, 0.4) is 0 Å². The van der Waals surface area contributed by atoms with Crippen molar-refractivity contribution in [2.24, 2.45) is 0 Å². The van der Waals surface area contributed by atoms with Crippen LogP contribution in [0.5, 0.6) is 5.75 Å². The lowest BCUT2D eigenvalue weighted by atomic mass is 10.3. The number of aromatic nitrogens is 4. The van der Waals surface area contributed by atoms with E-state index in [0.29, 0.717) is 5.82 Å². The standard InChI is InChI=1S/C16H14F3N5O4S/c17-16(18,19)28-12-1-3-13(4-2-12)29(26,27)21-8-10-24-15(25)6-5-14(22-24)23-9-7-20-11-23/h1-7,9,11,21H,8,10H2. The molecule has 0 atom stereocenters. The molecule has 2 aromatic heterocycles. The summed E-state index contributed by atoms with van der Waals surface area (Å²) in [6.45, 7) is -0.223. The van der Waals surface area contributed by atoms with Gasteiger partial charge in [-0.3, -0.25) is 9.36 Å². The molecule has 0 saturated carbocycles. The van der Waals surface area contributed by atoms with Crippen molar-refractivity contribution in [2.45, 2.75) is 17.8 Å². The molecule has 0 radical (unpaired) electrons. The van der Waals surface area contributed by atoms with E-state index in [0.717, 1.165) is 28.9 Å². The molecule has 1 aromatic carbocycles. The summed E-state index contributed by atoms with van der Waals surface area (Å²) in [5.41, 5.74) is -0.429. The Morgan fingerprint density at radius 2 is 1.83 bits per heavy atom. The number of rotatable bonds is 7. The Morgan fingerprint density at radius 1 is 1.10 bits per heavy atom. The van der Waals surface area contributed by atoms with Crippen LogP contribution in [0.25, 0.3) is 5.82 Å². The average Bonchev–Trinajstić information content (AvgIpc) is 3.17. The molecular formula is C16H14F3N5O4S. The van der Waals surface area contributed by atoms with Gasteiger partial charge < -0.3 is 4.74 Å². The summed E-state index contributed by atoms with van der Waals surface area (Å²) in [4.78, 5) is 15.5. The third-order valence-corrected chi connectivity index (χ3v) is 5.08. The number of halogens is 3. The second kappa shape index (κ2) is 8.05. The fourth-order valence-corrected chi connectivity index (χ4v) is 3.34. The zero-order chi connectivity index (χ0) is 21.1. The van der Waals surface area contributed by atoms with Crippen molar-refractivity contribution in [3.63, 3.8) is 0 Å². The van der Waals surface area contributed by atoms with Gasteiger partial charge in [0.05, 0.1) is 11.4 Å². The molecule has 1 N–H and O–H groups in total. The second-order valence-electron chi connectivity index (χ2n) is 5.64. The lowest BCUT2D eigenvalue weighted by Gasteiger charge is -2.11. The number of hydrogen-bond acceptors (Lipinski definition) is 6. The van der Waals surface area contributed by atoms with Crippen molar-refractivity contribution < 1.29 is 26.3 Å². The third-order valence-electron chi connectivity index (χ3n) is 3.60. The first-order valence-corrected chi connectivity index (χ1v) is 9.54. The van der Waals surface area contributed by atoms with Crippen LogP contribution in [0.4, 0.5) is 13.2 Å². The maximum absolute atomic E-state index is 12.3. The van der Waals surface area contributed by atoms with Crippen molar-refractivity contribution in [3.8, 4) is 11.6 Å². The van der Waals surface area contributed by atoms with E-state index in [-0.39, 0.29) is 18.0 Å². The van der Waals surface area contributed by atoms with E-state index >= 15 is 0 Å². The van der Waals surface area contributed by atoms with Gasteiger partial charge in [-0.15, -0.1) is 13.2 Å². The summed E-state index contributed by atoms with van der Waals surface area (Å²) >= 11 is 0. The minimum Gasteiger partial charge on any atom is -0.406 e. The van der Waals surface area contributed by atoms with E-state index in [9.17, 15) is 26.4 Å². The minimum atomic E-state index is -4.87. The van der Waals surface area contributed by atoms with Crippen LogP contribution >= 0.6 is 0 Å². The Balaban J connectivity index is 1.65. The van der Waals surface area contributed by atoms with Crippen molar-refractivity contribution in [2.75, 3.05) is 6.54 Å². The number of nitrogens with one attached hydrogen (secondary N) is 1. The Morgan fingerprint density at radius 3 is 2.45 bits per heavy atom. The van der Waals surface area contributed by atoms with E-state index in [1.165, 1.54) is 24.7 Å². The zero-order valence-electron chi connectivity index (χ0n) is 14.6. The molecular weight excluding hydrogens is 415 g/mol. The van der Waals surface area contributed by atoms with Crippen LogP contribution in [0.15, 0.2) is 64.8 Å². The van der Waals surface area contributed by atoms with Gasteiger partial charge in [0.2, 0.25) is 10.0 Å². The Labute approximate surface area is 162 Å². The average molecular weight is 429 g/mol. The number of alkyl halides is 3. The Kier molecular flexibility index (Phi) is 5.70. The van der Waals surface area contributed by atoms with Crippen molar-refractivity contribution in [1.29, 1.82) is 0 Å². The summed E-state index contributed by atoms with van der Waals surface area (Å²) in [7, 11) is -4.00. The number of benzene rings is 1. The predicted octanol–water partition coefficient (Wildman–Crippen LogP) is 1.31. The molecule has 0 saturated heterocycles. The Bertz CT molecular complexity index is 1130. The third kappa shape index (κ3) is 5.42. The molecule has 0 bridgehead atoms. The quantitative estimate of drug-likeness (QED) is 0.607. The first-order valence-electron chi connectivity index (χ1n) is 8.06. The molecule has 13 heteroatoms. The van der Waals surface area contributed by atoms with Crippen molar-refractivity contribution >= 4 is 10.0 Å². The molecule has 0 fully saturated rings. The summed E-state index contributed by atoms with van der Waals surface area (Å²) in [6.07, 6.45) is -0.210. The second-order valence-corrected chi connectivity index (χ2v) is 7.41. The summed E-state index contributed by atoms with van der Waals surface area (Å²) < 4.78 is 69.6. The molecule has 0 unspecified atom stereocenters. The van der Waals surface area contributed by atoms with Crippen LogP contribution < -0.4 is 15.0 Å². The number of hydrogen-bond donors (Lipinski definition) is 1. The summed E-state index contributed by atoms with van der Waals surface area (Å²) in [5, 5.41) is 4.12. The highest BCUT2D eigenvalue weighted by atomic mass is 32.2. The number of nitrogens with zero attached hydrogens (tertiary/aromatic N) is 4. The highest BCUT2D eigenvalue weighted by Gasteiger charge is 2.31. The number of sulfonamides is 1. The molecule has 3 aromatic rings. The van der Waals surface area contributed by atoms with Gasteiger partial charge in [0.25, 0.3) is 5.56 Å². The smallest absolute Gasteiger partial charge is 0.406 e. The molecule has 0 aliphatic carbocycles. The van der Waals surface area contributed by atoms with Gasteiger partial charge in [0, 0.05) is 25.0 Å². The van der Waals surface area contributed by atoms with E-state index in [2.05, 4.69) is 19.5 Å². The topological polar surface area (TPSA) is 108 Å². The molecule has 0 amide bonds. The summed E-state index contributed by atoms with van der Waals surface area (Å²) in [6, 6.07) is 6.53. The van der Waals surface area contributed by atoms with Gasteiger partial charge in [-0.1, -0.05) is 0 Å². The molecule has 3 rings (SSSR count). The first-order chi connectivity index (χ1) is 13.6. The van der Waals surface area contributed by atoms with Crippen molar-refractivity contribution in [1.82, 2.24) is 24.1 Å². The van der Waals surface area contributed by atoms with Gasteiger partial charge in [0.15, 0.2) is 5.82 Å². The van der Waals surface area contributed by atoms with E-state index < -0.39 is 27.7 Å². The molecule has 154 valence electrons. The molecule has 2 heterocycles. The molecule has 0 spiro atoms. The summed E-state index contributed by atoms with van der Waals surface area (Å²) in [5.74, 6) is -0.117. The monoisotopic (exact) mass is 429 g/mol. The van der Waals surface area contributed by atoms with Crippen LogP contribution in [-0.4, -0.2) is 40.7 Å². The zero-order valence-corrected chi connectivity index (χ0v) is 15.4. The van der Waals surface area contributed by atoms with Crippen LogP contribution in [0.2, 0.25) is 0 Å². The maximum Gasteiger partial charge on any atom is 0.573 e. The first kappa shape index (κ1) is 20.5. The SMILES string of the molecule is O=c1ccc(-n2ccnc2)nn1CCNS(=O)(=O)c1ccc(OC(F)(F)F)cc1. The number of imidazole rings is 1. The van der Waals surface area contributed by atoms with E-state index in [1.54, 1.807) is 10.8 Å². The number of ether oxygens (including phenoxy) is 1. The maximum atomic E-state index is 12.3. The van der Waals surface area contributed by atoms with Gasteiger partial charge in [0.1, 0.15) is 12.1 Å². The predicted molar refractivity (Wildman–Crippen MR) is 93.9 cm³/mol. The lowest BCUT2D eigenvalue weighted by Crippen LogP contribution is -2.32. The van der Waals surface area contributed by atoms with Gasteiger partial charge >= 0.3 is 6.36 Å². The largest absolute Gasteiger partial charge is 0.573 e. The van der Waals surface area contributed by atoms with E-state index in [1.807, 2.05) is 0 Å². The molecule has 0 aliphatic heterocycles. The highest BCUT2D eigenvalue weighted by Crippen LogP contribution is 2.23. The van der Waals surface area contributed by atoms with Crippen molar-refractivity contribution in [3.05, 3.63) is 65.5 Å². The lowest BCUT2D eigenvalue weighted by molar-refractivity contribution is -0.274. The molecule has 0 aliphatic rings. The molecule has 9 nitrogen and oxygen atoms in total. The molecule has 29 heavy (non-hydrogen) atoms. The van der Waals surface area contributed by atoms with Crippen LogP contribution in [0.1, 0.15) is 0 Å². The minimum absolute atomic E-state index is 0.0597. The van der Waals surface area contributed by atoms with Gasteiger partial charge in [-0.25, -0.2) is 22.8 Å². The Hall–Kier alpha value is -3.19.